The van der Waals surface area contributed by atoms with Crippen LogP contribution in [0.5, 0.6) is 0 Å². The highest BCUT2D eigenvalue weighted by Crippen LogP contribution is 2.26. The van der Waals surface area contributed by atoms with Gasteiger partial charge in [0.2, 0.25) is 5.91 Å². The molecule has 2 heterocycles. The van der Waals surface area contributed by atoms with Crippen LogP contribution in [0.1, 0.15) is 37.8 Å². The van der Waals surface area contributed by atoms with E-state index in [0.717, 1.165) is 18.7 Å². The number of carbonyl (C=O) groups excluding carboxylic acids is 1. The van der Waals surface area contributed by atoms with Gasteiger partial charge in [0.05, 0.1) is 23.1 Å². The standard InChI is InChI=1S/C20H27N3O3S/c1-15-16(2)23(20(24)19-6-10-27(25,26)11-7-19)9-8-22(15)14-18-5-3-4-17(12-18)13-21/h3-5,12,15-16,19H,6-11,14H2,1-2H3/t15-,16-/m1/s1. The molecule has 2 fully saturated rings. The van der Waals surface area contributed by atoms with E-state index in [1.54, 1.807) is 6.07 Å². The monoisotopic (exact) mass is 389 g/mol. The number of benzene rings is 1. The van der Waals surface area contributed by atoms with Crippen LogP contribution in [-0.4, -0.2) is 60.8 Å². The lowest BCUT2D eigenvalue weighted by Crippen LogP contribution is -2.59. The molecular weight excluding hydrogens is 362 g/mol. The van der Waals surface area contributed by atoms with Gasteiger partial charge in [0.15, 0.2) is 0 Å². The molecule has 0 bridgehead atoms. The zero-order chi connectivity index (χ0) is 19.6. The maximum atomic E-state index is 12.9. The second-order valence-electron chi connectivity index (χ2n) is 7.72. The molecule has 0 aliphatic carbocycles. The SMILES string of the molecule is C[C@@H]1[C@@H](C)N(C(=O)C2CCS(=O)(=O)CC2)CCN1Cc1cccc(C#N)c1. The average Bonchev–Trinajstić information content (AvgIpc) is 2.65. The molecule has 2 saturated heterocycles. The van der Waals surface area contributed by atoms with Crippen molar-refractivity contribution >= 4 is 15.7 Å². The Bertz CT molecular complexity index is 832. The summed E-state index contributed by atoms with van der Waals surface area (Å²) in [6.45, 7) is 6.39. The average molecular weight is 390 g/mol. The Morgan fingerprint density at radius 1 is 1.19 bits per heavy atom. The summed E-state index contributed by atoms with van der Waals surface area (Å²) in [4.78, 5) is 17.2. The summed E-state index contributed by atoms with van der Waals surface area (Å²) in [7, 11) is -2.96. The number of hydrogen-bond acceptors (Lipinski definition) is 5. The molecule has 2 aliphatic rings. The van der Waals surface area contributed by atoms with Crippen LogP contribution in [-0.2, 0) is 21.2 Å². The third-order valence-corrected chi connectivity index (χ3v) is 7.74. The summed E-state index contributed by atoms with van der Waals surface area (Å²) in [5.74, 6) is 0.197. The van der Waals surface area contributed by atoms with Crippen molar-refractivity contribution in [1.82, 2.24) is 9.80 Å². The van der Waals surface area contributed by atoms with Gasteiger partial charge in [0, 0.05) is 37.6 Å². The highest BCUT2D eigenvalue weighted by molar-refractivity contribution is 7.91. The minimum absolute atomic E-state index is 0.0731. The summed E-state index contributed by atoms with van der Waals surface area (Å²) in [6.07, 6.45) is 0.896. The molecule has 1 aromatic rings. The van der Waals surface area contributed by atoms with E-state index in [2.05, 4.69) is 24.8 Å². The van der Waals surface area contributed by atoms with Gasteiger partial charge in [0.25, 0.3) is 0 Å². The van der Waals surface area contributed by atoms with E-state index < -0.39 is 9.84 Å². The number of rotatable bonds is 3. The van der Waals surface area contributed by atoms with Crippen LogP contribution < -0.4 is 0 Å². The van der Waals surface area contributed by atoms with Gasteiger partial charge in [-0.3, -0.25) is 9.69 Å². The zero-order valence-corrected chi connectivity index (χ0v) is 16.8. The van der Waals surface area contributed by atoms with Crippen molar-refractivity contribution in [2.45, 2.75) is 45.3 Å². The van der Waals surface area contributed by atoms with Crippen molar-refractivity contribution in [2.75, 3.05) is 24.6 Å². The van der Waals surface area contributed by atoms with Gasteiger partial charge in [-0.1, -0.05) is 12.1 Å². The van der Waals surface area contributed by atoms with E-state index in [1.165, 1.54) is 0 Å². The third-order valence-electron chi connectivity index (χ3n) is 6.02. The Kier molecular flexibility index (Phi) is 5.87. The molecule has 0 N–H and O–H groups in total. The lowest BCUT2D eigenvalue weighted by molar-refractivity contribution is -0.142. The molecule has 0 unspecified atom stereocenters. The summed E-state index contributed by atoms with van der Waals surface area (Å²) in [5.41, 5.74) is 1.76. The molecule has 1 aromatic carbocycles. The lowest BCUT2D eigenvalue weighted by Gasteiger charge is -2.46. The summed E-state index contributed by atoms with van der Waals surface area (Å²) in [5, 5.41) is 9.07. The van der Waals surface area contributed by atoms with Crippen LogP contribution in [0.3, 0.4) is 0 Å². The van der Waals surface area contributed by atoms with E-state index in [0.29, 0.717) is 24.9 Å². The largest absolute Gasteiger partial charge is 0.337 e. The number of nitrogens with zero attached hydrogens (tertiary/aromatic N) is 3. The highest BCUT2D eigenvalue weighted by Gasteiger charge is 2.37. The molecule has 6 nitrogen and oxygen atoms in total. The number of piperazine rings is 1. The van der Waals surface area contributed by atoms with Crippen LogP contribution in [0.4, 0.5) is 0 Å². The predicted octanol–water partition coefficient (Wildman–Crippen LogP) is 1.80. The zero-order valence-electron chi connectivity index (χ0n) is 16.0. The Labute approximate surface area is 161 Å². The van der Waals surface area contributed by atoms with Crippen molar-refractivity contribution in [3.63, 3.8) is 0 Å². The first-order valence-electron chi connectivity index (χ1n) is 9.55. The molecule has 7 heteroatoms. The predicted molar refractivity (Wildman–Crippen MR) is 104 cm³/mol. The quantitative estimate of drug-likeness (QED) is 0.787. The van der Waals surface area contributed by atoms with Crippen molar-refractivity contribution in [3.05, 3.63) is 35.4 Å². The summed E-state index contributed by atoms with van der Waals surface area (Å²) in [6, 6.07) is 10.1. The van der Waals surface area contributed by atoms with E-state index in [-0.39, 0.29) is 35.4 Å². The molecule has 27 heavy (non-hydrogen) atoms. The molecule has 2 aliphatic heterocycles. The second kappa shape index (κ2) is 7.99. The summed E-state index contributed by atoms with van der Waals surface area (Å²) < 4.78 is 23.2. The maximum Gasteiger partial charge on any atom is 0.226 e. The molecule has 0 radical (unpaired) electrons. The molecule has 0 aromatic heterocycles. The van der Waals surface area contributed by atoms with Gasteiger partial charge < -0.3 is 4.90 Å². The first-order chi connectivity index (χ1) is 12.8. The van der Waals surface area contributed by atoms with Crippen LogP contribution in [0.25, 0.3) is 0 Å². The molecule has 1 amide bonds. The van der Waals surface area contributed by atoms with Gasteiger partial charge in [-0.05, 0) is 44.4 Å². The van der Waals surface area contributed by atoms with Crippen molar-refractivity contribution in [2.24, 2.45) is 5.92 Å². The van der Waals surface area contributed by atoms with Gasteiger partial charge in [-0.15, -0.1) is 0 Å². The first-order valence-corrected chi connectivity index (χ1v) is 11.4. The topological polar surface area (TPSA) is 81.5 Å². The normalized spacial score (nSPS) is 26.5. The summed E-state index contributed by atoms with van der Waals surface area (Å²) >= 11 is 0. The van der Waals surface area contributed by atoms with Crippen molar-refractivity contribution < 1.29 is 13.2 Å². The number of hydrogen-bond donors (Lipinski definition) is 0. The fourth-order valence-electron chi connectivity index (χ4n) is 4.09. The molecule has 146 valence electrons. The molecule has 0 saturated carbocycles. The van der Waals surface area contributed by atoms with Crippen LogP contribution in [0.2, 0.25) is 0 Å². The van der Waals surface area contributed by atoms with Gasteiger partial charge >= 0.3 is 0 Å². The maximum absolute atomic E-state index is 12.9. The first kappa shape index (κ1) is 19.8. The third kappa shape index (κ3) is 4.50. The Morgan fingerprint density at radius 2 is 1.89 bits per heavy atom. The Balaban J connectivity index is 1.63. The van der Waals surface area contributed by atoms with Crippen molar-refractivity contribution in [1.29, 1.82) is 5.26 Å². The fraction of sp³-hybridized carbons (Fsp3) is 0.600. The second-order valence-corrected chi connectivity index (χ2v) is 10.0. The Hall–Kier alpha value is -1.91. The van der Waals surface area contributed by atoms with Crippen LogP contribution in [0.15, 0.2) is 24.3 Å². The van der Waals surface area contributed by atoms with Gasteiger partial charge in [-0.2, -0.15) is 5.26 Å². The molecule has 3 rings (SSSR count). The minimum Gasteiger partial charge on any atom is -0.337 e. The fourth-order valence-corrected chi connectivity index (χ4v) is 5.58. The van der Waals surface area contributed by atoms with E-state index in [1.807, 2.05) is 23.1 Å². The van der Waals surface area contributed by atoms with Gasteiger partial charge in [0.1, 0.15) is 9.84 Å². The number of nitriles is 1. The van der Waals surface area contributed by atoms with Gasteiger partial charge in [-0.25, -0.2) is 8.42 Å². The number of carbonyl (C=O) groups is 1. The highest BCUT2D eigenvalue weighted by atomic mass is 32.2. The number of sulfone groups is 1. The van der Waals surface area contributed by atoms with Crippen molar-refractivity contribution in [3.8, 4) is 6.07 Å². The van der Waals surface area contributed by atoms with Crippen LogP contribution in [0, 0.1) is 17.2 Å². The molecular formula is C20H27N3O3S. The number of amides is 1. The van der Waals surface area contributed by atoms with E-state index >= 15 is 0 Å². The van der Waals surface area contributed by atoms with E-state index in [9.17, 15) is 13.2 Å². The Morgan fingerprint density at radius 3 is 2.56 bits per heavy atom. The molecule has 0 spiro atoms. The molecule has 2 atom stereocenters. The smallest absolute Gasteiger partial charge is 0.226 e. The van der Waals surface area contributed by atoms with Crippen LogP contribution >= 0.6 is 0 Å². The minimum atomic E-state index is -2.96. The van der Waals surface area contributed by atoms with E-state index in [4.69, 9.17) is 5.26 Å². The lowest BCUT2D eigenvalue weighted by atomic mass is 9.96.